The third-order valence-electron chi connectivity index (χ3n) is 10.1. The molecule has 232 valence electrons. The van der Waals surface area contributed by atoms with Gasteiger partial charge in [-0.25, -0.2) is 4.98 Å². The molecule has 6 rings (SSSR count). The van der Waals surface area contributed by atoms with Crippen LogP contribution in [0.25, 0.3) is 0 Å². The Labute approximate surface area is 255 Å². The minimum absolute atomic E-state index is 0.0629. The number of likely N-dealkylation sites (N-methyl/N-ethyl adjacent to an activating group) is 1. The summed E-state index contributed by atoms with van der Waals surface area (Å²) >= 11 is 0. The van der Waals surface area contributed by atoms with Crippen LogP contribution in [0.1, 0.15) is 94.3 Å². The van der Waals surface area contributed by atoms with Gasteiger partial charge in [0.25, 0.3) is 5.91 Å². The van der Waals surface area contributed by atoms with E-state index in [1.165, 1.54) is 51.6 Å². The summed E-state index contributed by atoms with van der Waals surface area (Å²) in [5.74, 6) is 1.75. The van der Waals surface area contributed by atoms with Crippen LogP contribution in [-0.2, 0) is 4.79 Å². The number of rotatable bonds is 7. The van der Waals surface area contributed by atoms with Crippen LogP contribution in [0.5, 0.6) is 5.75 Å². The van der Waals surface area contributed by atoms with Gasteiger partial charge in [0, 0.05) is 30.7 Å². The van der Waals surface area contributed by atoms with Gasteiger partial charge in [-0.2, -0.15) is 4.98 Å². The van der Waals surface area contributed by atoms with Gasteiger partial charge in [0.05, 0.1) is 19.0 Å². The predicted octanol–water partition coefficient (Wildman–Crippen LogP) is 5.26. The second kappa shape index (κ2) is 13.1. The molecule has 1 aromatic heterocycles. The van der Waals surface area contributed by atoms with Crippen molar-refractivity contribution in [2.75, 3.05) is 42.4 Å². The number of hydrogen-bond acceptors (Lipinski definition) is 8. The van der Waals surface area contributed by atoms with Gasteiger partial charge in [-0.1, -0.05) is 25.7 Å². The number of carbonyl (C=O) groups excluding carboxylic acids is 2. The maximum Gasteiger partial charge on any atom is 0.251 e. The summed E-state index contributed by atoms with van der Waals surface area (Å²) in [5, 5.41) is 6.57. The molecule has 3 heterocycles. The van der Waals surface area contributed by atoms with Gasteiger partial charge in [0.1, 0.15) is 17.5 Å². The van der Waals surface area contributed by atoms with E-state index in [9.17, 15) is 9.59 Å². The van der Waals surface area contributed by atoms with Gasteiger partial charge in [-0.05, 0) is 89.6 Å². The van der Waals surface area contributed by atoms with E-state index in [0.29, 0.717) is 29.0 Å². The lowest BCUT2D eigenvalue weighted by molar-refractivity contribution is -0.119. The molecule has 1 atom stereocenters. The van der Waals surface area contributed by atoms with Crippen molar-refractivity contribution in [2.24, 2.45) is 0 Å². The molecule has 2 aliphatic heterocycles. The summed E-state index contributed by atoms with van der Waals surface area (Å²) in [6, 6.07) is 6.33. The average Bonchev–Trinajstić information content (AvgIpc) is 3.05. The lowest BCUT2D eigenvalue weighted by atomic mass is 9.89. The van der Waals surface area contributed by atoms with Gasteiger partial charge in [-0.3, -0.25) is 9.59 Å². The fourth-order valence-electron chi connectivity index (χ4n) is 7.60. The number of piperidine rings is 1. The van der Waals surface area contributed by atoms with E-state index < -0.39 is 0 Å². The second-order valence-electron chi connectivity index (χ2n) is 12.8. The maximum atomic E-state index is 13.2. The number of fused-ring (bicyclic) bond motifs is 1. The lowest BCUT2D eigenvalue weighted by Crippen LogP contribution is -2.55. The number of likely N-dealkylation sites (tertiary alicyclic amines) is 1. The Morgan fingerprint density at radius 3 is 2.40 bits per heavy atom. The second-order valence-corrected chi connectivity index (χ2v) is 12.8. The van der Waals surface area contributed by atoms with E-state index in [0.717, 1.165) is 50.0 Å². The number of hydrogen-bond donors (Lipinski definition) is 2. The SMILES string of the molecule is COc1cc(C(=O)NC2CCC(N3CCCCC3)CC2)ccc1Nc1ncc2c(n1)N(C1CCCCC1)[C@H](C)C(=O)N2C. The summed E-state index contributed by atoms with van der Waals surface area (Å²) in [7, 11) is 3.39. The Hall–Kier alpha value is -3.40. The molecule has 1 saturated heterocycles. The first-order valence-corrected chi connectivity index (χ1v) is 16.4. The largest absolute Gasteiger partial charge is 0.495 e. The number of anilines is 4. The molecule has 10 heteroatoms. The van der Waals surface area contributed by atoms with Crippen molar-refractivity contribution < 1.29 is 14.3 Å². The fraction of sp³-hybridized carbons (Fsp3) is 0.636. The monoisotopic (exact) mass is 589 g/mol. The number of aromatic nitrogens is 2. The zero-order valence-electron chi connectivity index (χ0n) is 26.0. The molecule has 2 aromatic rings. The summed E-state index contributed by atoms with van der Waals surface area (Å²) in [6.07, 6.45) is 15.8. The van der Waals surface area contributed by atoms with Gasteiger partial charge in [0.15, 0.2) is 5.82 Å². The number of ether oxygens (including phenoxy) is 1. The Morgan fingerprint density at radius 1 is 0.953 bits per heavy atom. The van der Waals surface area contributed by atoms with Crippen LogP contribution in [0, 0.1) is 0 Å². The minimum atomic E-state index is -0.282. The van der Waals surface area contributed by atoms with Gasteiger partial charge in [-0.15, -0.1) is 0 Å². The van der Waals surface area contributed by atoms with Crippen LogP contribution < -0.4 is 25.2 Å². The molecule has 2 amide bonds. The first-order valence-electron chi connectivity index (χ1n) is 16.4. The topological polar surface area (TPSA) is 103 Å². The Morgan fingerprint density at radius 2 is 1.67 bits per heavy atom. The predicted molar refractivity (Wildman–Crippen MR) is 169 cm³/mol. The Bertz CT molecular complexity index is 1300. The van der Waals surface area contributed by atoms with Crippen molar-refractivity contribution >= 4 is 35.0 Å². The third-order valence-corrected chi connectivity index (χ3v) is 10.1. The zero-order valence-corrected chi connectivity index (χ0v) is 26.0. The van der Waals surface area contributed by atoms with E-state index in [-0.39, 0.29) is 29.9 Å². The number of nitrogens with zero attached hydrogens (tertiary/aromatic N) is 5. The maximum absolute atomic E-state index is 13.2. The molecule has 0 radical (unpaired) electrons. The molecule has 0 spiro atoms. The molecule has 0 bridgehead atoms. The average molecular weight is 590 g/mol. The quantitative estimate of drug-likeness (QED) is 0.451. The minimum Gasteiger partial charge on any atom is -0.495 e. The normalized spacial score (nSPS) is 25.3. The summed E-state index contributed by atoms with van der Waals surface area (Å²) in [6.45, 7) is 4.43. The van der Waals surface area contributed by atoms with E-state index in [1.807, 2.05) is 19.1 Å². The van der Waals surface area contributed by atoms with E-state index in [1.54, 1.807) is 31.3 Å². The van der Waals surface area contributed by atoms with Crippen molar-refractivity contribution in [3.63, 3.8) is 0 Å². The van der Waals surface area contributed by atoms with Crippen LogP contribution in [0.15, 0.2) is 24.4 Å². The van der Waals surface area contributed by atoms with Crippen LogP contribution in [0.2, 0.25) is 0 Å². The number of benzene rings is 1. The lowest BCUT2D eigenvalue weighted by Gasteiger charge is -2.44. The van der Waals surface area contributed by atoms with Crippen molar-refractivity contribution in [1.82, 2.24) is 20.2 Å². The zero-order chi connectivity index (χ0) is 29.9. The van der Waals surface area contributed by atoms with Crippen molar-refractivity contribution in [2.45, 2.75) is 108 Å². The molecule has 2 aliphatic carbocycles. The molecule has 10 nitrogen and oxygen atoms in total. The number of methoxy groups -OCH3 is 1. The van der Waals surface area contributed by atoms with Gasteiger partial charge < -0.3 is 30.1 Å². The molecule has 1 aromatic carbocycles. The van der Waals surface area contributed by atoms with Crippen LogP contribution in [-0.4, -0.2) is 78.1 Å². The van der Waals surface area contributed by atoms with E-state index in [2.05, 4.69) is 25.4 Å². The highest BCUT2D eigenvalue weighted by Gasteiger charge is 2.39. The van der Waals surface area contributed by atoms with Crippen LogP contribution in [0.4, 0.5) is 23.1 Å². The first kappa shape index (κ1) is 29.7. The van der Waals surface area contributed by atoms with Crippen molar-refractivity contribution in [3.8, 4) is 5.75 Å². The van der Waals surface area contributed by atoms with Crippen molar-refractivity contribution in [1.29, 1.82) is 0 Å². The summed E-state index contributed by atoms with van der Waals surface area (Å²) < 4.78 is 5.69. The summed E-state index contributed by atoms with van der Waals surface area (Å²) in [4.78, 5) is 42.3. The van der Waals surface area contributed by atoms with Crippen LogP contribution >= 0.6 is 0 Å². The number of amides is 2. The molecule has 3 fully saturated rings. The van der Waals surface area contributed by atoms with Gasteiger partial charge >= 0.3 is 0 Å². The molecule has 2 saturated carbocycles. The Balaban J connectivity index is 1.13. The third kappa shape index (κ3) is 6.30. The fourth-order valence-corrected chi connectivity index (χ4v) is 7.60. The molecule has 4 aliphatic rings. The highest BCUT2D eigenvalue weighted by atomic mass is 16.5. The van der Waals surface area contributed by atoms with E-state index >= 15 is 0 Å². The molecular formula is C33H47N7O3. The van der Waals surface area contributed by atoms with Gasteiger partial charge in [0.2, 0.25) is 11.9 Å². The molecule has 43 heavy (non-hydrogen) atoms. The highest BCUT2D eigenvalue weighted by Crippen LogP contribution is 2.39. The van der Waals surface area contributed by atoms with Crippen molar-refractivity contribution in [3.05, 3.63) is 30.0 Å². The Kier molecular flexibility index (Phi) is 9.02. The van der Waals surface area contributed by atoms with Crippen LogP contribution in [0.3, 0.4) is 0 Å². The van der Waals surface area contributed by atoms with E-state index in [4.69, 9.17) is 9.72 Å². The molecular weight excluding hydrogens is 542 g/mol. The number of carbonyl (C=O) groups is 2. The summed E-state index contributed by atoms with van der Waals surface area (Å²) in [5.41, 5.74) is 1.98. The standard InChI is InChI=1S/C33H47N7O3/c1-22-32(42)38(2)28-21-34-33(37-30(28)40(22)26-10-6-4-7-11-26)36-27-17-12-23(20-29(27)43-3)31(41)35-24-13-15-25(16-14-24)39-18-8-5-9-19-39/h12,17,20-22,24-26H,4-11,13-16,18-19H2,1-3H3,(H,35,41)(H,34,36,37)/t22-,24?,25?/m1/s1. The molecule has 2 N–H and O–H groups in total. The smallest absolute Gasteiger partial charge is 0.251 e. The molecule has 0 unspecified atom stereocenters. The highest BCUT2D eigenvalue weighted by molar-refractivity contribution is 6.04. The first-order chi connectivity index (χ1) is 20.9. The number of nitrogens with one attached hydrogen (secondary N) is 2.